The van der Waals surface area contributed by atoms with Gasteiger partial charge in [0.15, 0.2) is 0 Å². The van der Waals surface area contributed by atoms with Crippen LogP contribution in [0.4, 0.5) is 0 Å². The minimum absolute atomic E-state index is 0.0150. The van der Waals surface area contributed by atoms with Gasteiger partial charge in [-0.1, -0.05) is 0 Å². The predicted molar refractivity (Wildman–Crippen MR) is 75.2 cm³/mol. The summed E-state index contributed by atoms with van der Waals surface area (Å²) in [6, 6.07) is 5.08. The highest BCUT2D eigenvalue weighted by molar-refractivity contribution is 6.04. The van der Waals surface area contributed by atoms with Gasteiger partial charge in [0.25, 0.3) is 5.91 Å². The first-order valence-corrected chi connectivity index (χ1v) is 6.68. The van der Waals surface area contributed by atoms with E-state index in [1.165, 1.54) is 0 Å². The predicted octanol–water partition coefficient (Wildman–Crippen LogP) is 1.99. The first kappa shape index (κ1) is 12.7. The average molecular weight is 272 g/mol. The van der Waals surface area contributed by atoms with E-state index < -0.39 is 5.97 Å². The summed E-state index contributed by atoms with van der Waals surface area (Å²) >= 11 is 0. The number of carbonyl (C=O) groups excluding carboxylic acids is 1. The number of carbonyl (C=O) groups is 2. The number of aryl methyl sites for hydroxylation is 1. The zero-order valence-corrected chi connectivity index (χ0v) is 11.5. The van der Waals surface area contributed by atoms with Crippen molar-refractivity contribution in [2.24, 2.45) is 0 Å². The van der Waals surface area contributed by atoms with Crippen LogP contribution in [0.5, 0.6) is 0 Å². The van der Waals surface area contributed by atoms with Gasteiger partial charge < -0.3 is 14.6 Å². The Kier molecular flexibility index (Phi) is 2.78. The Balaban J connectivity index is 2.35. The molecule has 0 radical (unpaired) electrons. The lowest BCUT2D eigenvalue weighted by molar-refractivity contribution is 0.0696. The number of hydrogen-bond donors (Lipinski definition) is 1. The molecular weight excluding hydrogens is 256 g/mol. The lowest BCUT2D eigenvalue weighted by Gasteiger charge is -2.24. The summed E-state index contributed by atoms with van der Waals surface area (Å²) in [6.45, 7) is 3.36. The summed E-state index contributed by atoms with van der Waals surface area (Å²) < 4.78 is 1.98. The van der Waals surface area contributed by atoms with Crippen molar-refractivity contribution in [3.05, 3.63) is 35.0 Å². The first-order chi connectivity index (χ1) is 9.54. The zero-order chi connectivity index (χ0) is 14.4. The highest BCUT2D eigenvalue weighted by atomic mass is 16.4. The molecule has 0 aliphatic carbocycles. The SMILES string of the molecule is CCn1c2c(c3cc(C(=O)O)ccc31)CCN(C)C2=O. The summed E-state index contributed by atoms with van der Waals surface area (Å²) in [4.78, 5) is 25.2. The Labute approximate surface area is 116 Å². The molecule has 1 aromatic heterocycles. The summed E-state index contributed by atoms with van der Waals surface area (Å²) in [6.07, 6.45) is 0.768. The molecule has 0 atom stereocenters. The van der Waals surface area contributed by atoms with Crippen molar-refractivity contribution in [3.63, 3.8) is 0 Å². The van der Waals surface area contributed by atoms with Crippen LogP contribution >= 0.6 is 0 Å². The number of aromatic carboxylic acids is 1. The fourth-order valence-corrected chi connectivity index (χ4v) is 2.94. The molecule has 1 amide bonds. The second-order valence-corrected chi connectivity index (χ2v) is 5.09. The molecule has 1 aromatic carbocycles. The molecule has 2 aromatic rings. The van der Waals surface area contributed by atoms with E-state index >= 15 is 0 Å². The van der Waals surface area contributed by atoms with Gasteiger partial charge >= 0.3 is 5.97 Å². The van der Waals surface area contributed by atoms with Gasteiger partial charge in [-0.25, -0.2) is 4.79 Å². The molecule has 1 N–H and O–H groups in total. The maximum absolute atomic E-state index is 12.4. The minimum Gasteiger partial charge on any atom is -0.478 e. The molecular formula is C15H16N2O3. The highest BCUT2D eigenvalue weighted by Gasteiger charge is 2.28. The molecule has 104 valence electrons. The lowest BCUT2D eigenvalue weighted by atomic mass is 10.0. The van der Waals surface area contributed by atoms with Crippen molar-refractivity contribution in [2.45, 2.75) is 19.9 Å². The molecule has 0 saturated carbocycles. The fraction of sp³-hybridized carbons (Fsp3) is 0.333. The summed E-state index contributed by atoms with van der Waals surface area (Å²) in [5, 5.41) is 10.0. The maximum atomic E-state index is 12.4. The third-order valence-electron chi connectivity index (χ3n) is 3.98. The van der Waals surface area contributed by atoms with Crippen LogP contribution in [0.3, 0.4) is 0 Å². The van der Waals surface area contributed by atoms with E-state index in [1.807, 2.05) is 11.5 Å². The molecule has 0 fully saturated rings. The quantitative estimate of drug-likeness (QED) is 0.909. The molecule has 3 rings (SSSR count). The minimum atomic E-state index is -0.941. The van der Waals surface area contributed by atoms with Crippen LogP contribution in [0.2, 0.25) is 0 Å². The van der Waals surface area contributed by atoms with Gasteiger partial charge in [0.05, 0.1) is 5.56 Å². The molecule has 5 nitrogen and oxygen atoms in total. The molecule has 0 spiro atoms. The van der Waals surface area contributed by atoms with Gasteiger partial charge in [-0.2, -0.15) is 0 Å². The van der Waals surface area contributed by atoms with E-state index in [9.17, 15) is 9.59 Å². The fourth-order valence-electron chi connectivity index (χ4n) is 2.94. The number of carboxylic acids is 1. The smallest absolute Gasteiger partial charge is 0.335 e. The van der Waals surface area contributed by atoms with Crippen LogP contribution < -0.4 is 0 Å². The maximum Gasteiger partial charge on any atom is 0.335 e. The third-order valence-corrected chi connectivity index (χ3v) is 3.98. The second-order valence-electron chi connectivity index (χ2n) is 5.09. The average Bonchev–Trinajstić information content (AvgIpc) is 2.76. The number of fused-ring (bicyclic) bond motifs is 3. The Morgan fingerprint density at radius 1 is 1.40 bits per heavy atom. The molecule has 0 bridgehead atoms. The first-order valence-electron chi connectivity index (χ1n) is 6.68. The van der Waals surface area contributed by atoms with Crippen molar-refractivity contribution in [3.8, 4) is 0 Å². The van der Waals surface area contributed by atoms with Gasteiger partial charge in [0.1, 0.15) is 5.69 Å². The van der Waals surface area contributed by atoms with E-state index in [1.54, 1.807) is 30.1 Å². The summed E-state index contributed by atoms with van der Waals surface area (Å²) in [5.41, 5.74) is 2.89. The molecule has 1 aliphatic heterocycles. The van der Waals surface area contributed by atoms with Gasteiger partial charge in [0.2, 0.25) is 0 Å². The summed E-state index contributed by atoms with van der Waals surface area (Å²) in [7, 11) is 1.80. The Morgan fingerprint density at radius 2 is 2.15 bits per heavy atom. The van der Waals surface area contributed by atoms with E-state index in [0.29, 0.717) is 18.8 Å². The number of likely N-dealkylation sites (N-methyl/N-ethyl adjacent to an activating group) is 1. The zero-order valence-electron chi connectivity index (χ0n) is 11.5. The monoisotopic (exact) mass is 272 g/mol. The third kappa shape index (κ3) is 1.62. The lowest BCUT2D eigenvalue weighted by Crippen LogP contribution is -2.35. The number of nitrogens with zero attached hydrogens (tertiary/aromatic N) is 2. The van der Waals surface area contributed by atoms with Gasteiger partial charge in [-0.3, -0.25) is 4.79 Å². The largest absolute Gasteiger partial charge is 0.478 e. The number of carboxylic acid groups (broad SMARTS) is 1. The van der Waals surface area contributed by atoms with Crippen LogP contribution in [0.15, 0.2) is 18.2 Å². The van der Waals surface area contributed by atoms with Gasteiger partial charge in [0, 0.05) is 31.0 Å². The Morgan fingerprint density at radius 3 is 2.80 bits per heavy atom. The Bertz CT molecular complexity index is 730. The molecule has 1 aliphatic rings. The molecule has 0 saturated heterocycles. The summed E-state index contributed by atoms with van der Waals surface area (Å²) in [5.74, 6) is -0.926. The van der Waals surface area contributed by atoms with Crippen molar-refractivity contribution in [2.75, 3.05) is 13.6 Å². The number of hydrogen-bond acceptors (Lipinski definition) is 2. The number of aromatic nitrogens is 1. The van der Waals surface area contributed by atoms with E-state index in [2.05, 4.69) is 0 Å². The normalized spacial score (nSPS) is 14.7. The van der Waals surface area contributed by atoms with E-state index in [-0.39, 0.29) is 11.5 Å². The van der Waals surface area contributed by atoms with Crippen LogP contribution in [-0.4, -0.2) is 40.0 Å². The number of benzene rings is 1. The Hall–Kier alpha value is -2.30. The molecule has 2 heterocycles. The second kappa shape index (κ2) is 4.37. The van der Waals surface area contributed by atoms with Gasteiger partial charge in [-0.15, -0.1) is 0 Å². The number of rotatable bonds is 2. The molecule has 0 unspecified atom stereocenters. The topological polar surface area (TPSA) is 62.5 Å². The van der Waals surface area contributed by atoms with E-state index in [0.717, 1.165) is 22.9 Å². The number of amides is 1. The van der Waals surface area contributed by atoms with E-state index in [4.69, 9.17) is 5.11 Å². The molecule has 5 heteroatoms. The highest BCUT2D eigenvalue weighted by Crippen LogP contribution is 2.31. The van der Waals surface area contributed by atoms with Crippen LogP contribution in [-0.2, 0) is 13.0 Å². The van der Waals surface area contributed by atoms with Crippen LogP contribution in [0.25, 0.3) is 10.9 Å². The van der Waals surface area contributed by atoms with Crippen LogP contribution in [0.1, 0.15) is 33.3 Å². The molecule has 20 heavy (non-hydrogen) atoms. The van der Waals surface area contributed by atoms with Crippen molar-refractivity contribution >= 4 is 22.8 Å². The van der Waals surface area contributed by atoms with Gasteiger partial charge in [-0.05, 0) is 37.1 Å². The van der Waals surface area contributed by atoms with Crippen LogP contribution in [0, 0.1) is 0 Å². The van der Waals surface area contributed by atoms with Crippen molar-refractivity contribution in [1.29, 1.82) is 0 Å². The van der Waals surface area contributed by atoms with Crippen molar-refractivity contribution in [1.82, 2.24) is 9.47 Å². The van der Waals surface area contributed by atoms with Crippen molar-refractivity contribution < 1.29 is 14.7 Å². The standard InChI is InChI=1S/C15H16N2O3/c1-3-17-12-5-4-9(15(19)20)8-11(12)10-6-7-16(2)14(18)13(10)17/h4-5,8H,3,6-7H2,1-2H3,(H,19,20).